The first-order chi connectivity index (χ1) is 10.6. The number of aliphatic hydroxyl groups is 1. The van der Waals surface area contributed by atoms with E-state index < -0.39 is 5.60 Å². The summed E-state index contributed by atoms with van der Waals surface area (Å²) >= 11 is 1.51. The smallest absolute Gasteiger partial charge is 0.251 e. The Balaban J connectivity index is 1.73. The highest BCUT2D eigenvalue weighted by molar-refractivity contribution is 7.10. The van der Waals surface area contributed by atoms with Crippen LogP contribution in [0.25, 0.3) is 0 Å². The summed E-state index contributed by atoms with van der Waals surface area (Å²) < 4.78 is 0. The molecule has 0 aliphatic heterocycles. The second kappa shape index (κ2) is 5.91. The maximum Gasteiger partial charge on any atom is 0.251 e. The van der Waals surface area contributed by atoms with Gasteiger partial charge in [-0.3, -0.25) is 4.79 Å². The Hall–Kier alpha value is -2.16. The normalized spacial score (nSPS) is 16.5. The van der Waals surface area contributed by atoms with E-state index in [1.54, 1.807) is 24.3 Å². The lowest BCUT2D eigenvalue weighted by atomic mass is 9.95. The van der Waals surface area contributed by atoms with Gasteiger partial charge >= 0.3 is 0 Å². The van der Waals surface area contributed by atoms with Crippen molar-refractivity contribution < 1.29 is 9.90 Å². The summed E-state index contributed by atoms with van der Waals surface area (Å²) in [6.45, 7) is 0.188. The van der Waals surface area contributed by atoms with Crippen LogP contribution in [0.15, 0.2) is 41.8 Å². The van der Waals surface area contributed by atoms with Gasteiger partial charge in [0.25, 0.3) is 5.91 Å². The van der Waals surface area contributed by atoms with Crippen LogP contribution < -0.4 is 5.32 Å². The summed E-state index contributed by atoms with van der Waals surface area (Å²) in [6, 6.07) is 12.4. The van der Waals surface area contributed by atoms with Crippen molar-refractivity contribution >= 4 is 17.2 Å². The molecule has 1 saturated carbocycles. The van der Waals surface area contributed by atoms with Crippen molar-refractivity contribution in [2.24, 2.45) is 5.92 Å². The molecular weight excluding hydrogens is 296 g/mol. The average molecular weight is 312 g/mol. The third-order valence-corrected chi connectivity index (χ3v) is 5.01. The standard InChI is InChI=1S/C17H16N2O2S/c18-10-12-3-1-4-13(9-12)16(20)19-11-17(21,14-6-7-14)15-5-2-8-22-15/h1-5,8-9,14,21H,6-7,11H2,(H,19,20). The number of nitrogens with zero attached hydrogens (tertiary/aromatic N) is 1. The molecule has 22 heavy (non-hydrogen) atoms. The molecule has 5 heteroatoms. The first kappa shape index (κ1) is 14.8. The zero-order chi connectivity index (χ0) is 15.6. The summed E-state index contributed by atoms with van der Waals surface area (Å²) in [5.74, 6) is -0.0652. The Labute approximate surface area is 133 Å². The number of carbonyl (C=O) groups excluding carboxylic acids is 1. The van der Waals surface area contributed by atoms with Crippen LogP contribution in [0.1, 0.15) is 33.6 Å². The van der Waals surface area contributed by atoms with Crippen molar-refractivity contribution in [3.05, 3.63) is 57.8 Å². The number of nitriles is 1. The van der Waals surface area contributed by atoms with Crippen LogP contribution in [-0.2, 0) is 5.60 Å². The Morgan fingerprint density at radius 1 is 1.41 bits per heavy atom. The molecule has 1 aromatic heterocycles. The first-order valence-corrected chi connectivity index (χ1v) is 8.06. The highest BCUT2D eigenvalue weighted by atomic mass is 32.1. The van der Waals surface area contributed by atoms with E-state index in [9.17, 15) is 9.90 Å². The second-order valence-electron chi connectivity index (χ2n) is 5.55. The molecule has 0 radical (unpaired) electrons. The van der Waals surface area contributed by atoms with Gasteiger partial charge in [0, 0.05) is 10.4 Å². The van der Waals surface area contributed by atoms with E-state index in [1.807, 2.05) is 23.6 Å². The summed E-state index contributed by atoms with van der Waals surface area (Å²) in [4.78, 5) is 13.1. The Morgan fingerprint density at radius 3 is 2.86 bits per heavy atom. The topological polar surface area (TPSA) is 73.1 Å². The van der Waals surface area contributed by atoms with Gasteiger partial charge in [0.05, 0.1) is 18.2 Å². The minimum atomic E-state index is -0.989. The number of amides is 1. The predicted molar refractivity (Wildman–Crippen MR) is 84.4 cm³/mol. The lowest BCUT2D eigenvalue weighted by molar-refractivity contribution is 0.0169. The van der Waals surface area contributed by atoms with E-state index in [-0.39, 0.29) is 18.4 Å². The number of thiophene rings is 1. The molecule has 112 valence electrons. The van der Waals surface area contributed by atoms with Gasteiger partial charge in [0.15, 0.2) is 0 Å². The zero-order valence-electron chi connectivity index (χ0n) is 12.0. The molecule has 1 heterocycles. The number of benzene rings is 1. The summed E-state index contributed by atoms with van der Waals surface area (Å²) in [6.07, 6.45) is 1.96. The maximum atomic E-state index is 12.2. The summed E-state index contributed by atoms with van der Waals surface area (Å²) in [5, 5.41) is 24.6. The van der Waals surface area contributed by atoms with E-state index in [2.05, 4.69) is 5.32 Å². The van der Waals surface area contributed by atoms with E-state index >= 15 is 0 Å². The molecule has 3 rings (SSSR count). The van der Waals surface area contributed by atoms with Crippen LogP contribution in [0.5, 0.6) is 0 Å². The monoisotopic (exact) mass is 312 g/mol. The molecule has 0 spiro atoms. The van der Waals surface area contributed by atoms with Crippen molar-refractivity contribution in [1.29, 1.82) is 5.26 Å². The molecule has 1 amide bonds. The van der Waals surface area contributed by atoms with E-state index in [1.165, 1.54) is 11.3 Å². The molecule has 1 unspecified atom stereocenters. The van der Waals surface area contributed by atoms with E-state index in [0.717, 1.165) is 17.7 Å². The molecule has 0 bridgehead atoms. The number of hydrogen-bond acceptors (Lipinski definition) is 4. The number of rotatable bonds is 5. The fourth-order valence-corrected chi connectivity index (χ4v) is 3.47. The third kappa shape index (κ3) is 2.89. The molecule has 2 aromatic rings. The number of hydrogen-bond donors (Lipinski definition) is 2. The molecular formula is C17H16N2O2S. The summed E-state index contributed by atoms with van der Waals surface area (Å²) in [5.41, 5.74) is -0.108. The van der Waals surface area contributed by atoms with Gasteiger partial charge in [-0.2, -0.15) is 5.26 Å². The molecule has 1 atom stereocenters. The quantitative estimate of drug-likeness (QED) is 0.891. The van der Waals surface area contributed by atoms with Crippen LogP contribution in [0.4, 0.5) is 0 Å². The Kier molecular flexibility index (Phi) is 3.97. The van der Waals surface area contributed by atoms with Crippen molar-refractivity contribution in [3.8, 4) is 6.07 Å². The lowest BCUT2D eigenvalue weighted by Crippen LogP contribution is -2.42. The van der Waals surface area contributed by atoms with Gasteiger partial charge in [-0.15, -0.1) is 11.3 Å². The fourth-order valence-electron chi connectivity index (χ4n) is 2.57. The minimum absolute atomic E-state index is 0.188. The van der Waals surface area contributed by atoms with Gasteiger partial charge in [-0.1, -0.05) is 12.1 Å². The molecule has 1 aromatic carbocycles. The highest BCUT2D eigenvalue weighted by Crippen LogP contribution is 2.46. The lowest BCUT2D eigenvalue weighted by Gasteiger charge is -2.27. The maximum absolute atomic E-state index is 12.2. The first-order valence-electron chi connectivity index (χ1n) is 7.18. The second-order valence-corrected chi connectivity index (χ2v) is 6.50. The third-order valence-electron chi connectivity index (χ3n) is 3.97. The minimum Gasteiger partial charge on any atom is -0.382 e. The van der Waals surface area contributed by atoms with Crippen molar-refractivity contribution in [2.45, 2.75) is 18.4 Å². The van der Waals surface area contributed by atoms with Gasteiger partial charge < -0.3 is 10.4 Å². The highest BCUT2D eigenvalue weighted by Gasteiger charge is 2.45. The van der Waals surface area contributed by atoms with Crippen molar-refractivity contribution in [3.63, 3.8) is 0 Å². The van der Waals surface area contributed by atoms with Crippen molar-refractivity contribution in [2.75, 3.05) is 6.54 Å². The van der Waals surface area contributed by atoms with Gasteiger partial charge in [-0.25, -0.2) is 0 Å². The largest absolute Gasteiger partial charge is 0.382 e. The number of nitrogens with one attached hydrogen (secondary N) is 1. The van der Waals surface area contributed by atoms with Crippen LogP contribution in [-0.4, -0.2) is 17.6 Å². The van der Waals surface area contributed by atoms with Crippen LogP contribution in [0.3, 0.4) is 0 Å². The Bertz CT molecular complexity index is 717. The molecule has 4 nitrogen and oxygen atoms in total. The number of carbonyl (C=O) groups is 1. The molecule has 1 aliphatic rings. The SMILES string of the molecule is N#Cc1cccc(C(=O)NCC(O)(c2cccs2)C2CC2)c1. The van der Waals surface area contributed by atoms with Crippen LogP contribution in [0.2, 0.25) is 0 Å². The van der Waals surface area contributed by atoms with Crippen LogP contribution in [0, 0.1) is 17.2 Å². The van der Waals surface area contributed by atoms with Gasteiger partial charge in [-0.05, 0) is 48.4 Å². The molecule has 2 N–H and O–H groups in total. The molecule has 1 aliphatic carbocycles. The fraction of sp³-hybridized carbons (Fsp3) is 0.294. The predicted octanol–water partition coefficient (Wildman–Crippen LogP) is 2.65. The van der Waals surface area contributed by atoms with Gasteiger partial charge in [0.2, 0.25) is 0 Å². The van der Waals surface area contributed by atoms with Crippen molar-refractivity contribution in [1.82, 2.24) is 5.32 Å². The van der Waals surface area contributed by atoms with E-state index in [4.69, 9.17) is 5.26 Å². The molecule has 0 saturated heterocycles. The molecule has 1 fully saturated rings. The zero-order valence-corrected chi connectivity index (χ0v) is 12.8. The van der Waals surface area contributed by atoms with Crippen LogP contribution >= 0.6 is 11.3 Å². The van der Waals surface area contributed by atoms with E-state index in [0.29, 0.717) is 11.1 Å². The van der Waals surface area contributed by atoms with Gasteiger partial charge in [0.1, 0.15) is 5.60 Å². The average Bonchev–Trinajstić information content (AvgIpc) is 3.27. The Morgan fingerprint density at radius 2 is 2.23 bits per heavy atom. The summed E-state index contributed by atoms with van der Waals surface area (Å²) in [7, 11) is 0.